The maximum atomic E-state index is 12.9. The highest BCUT2D eigenvalue weighted by Gasteiger charge is 2.31. The first-order valence-electron chi connectivity index (χ1n) is 9.09. The number of hydrogen-bond acceptors (Lipinski definition) is 7. The molecule has 2 N–H and O–H groups in total. The maximum absolute atomic E-state index is 12.9. The highest BCUT2D eigenvalue weighted by Crippen LogP contribution is 2.26. The summed E-state index contributed by atoms with van der Waals surface area (Å²) >= 11 is 1.23. The Labute approximate surface area is 160 Å². The van der Waals surface area contributed by atoms with Crippen molar-refractivity contribution in [2.24, 2.45) is 5.92 Å². The number of esters is 1. The van der Waals surface area contributed by atoms with Crippen molar-refractivity contribution in [3.8, 4) is 0 Å². The summed E-state index contributed by atoms with van der Waals surface area (Å²) in [5.41, 5.74) is 0.344. The Morgan fingerprint density at radius 1 is 1.37 bits per heavy atom. The molecule has 1 amide bonds. The van der Waals surface area contributed by atoms with Crippen LogP contribution in [0.3, 0.4) is 0 Å². The molecule has 1 aliphatic rings. The van der Waals surface area contributed by atoms with Crippen LogP contribution in [-0.4, -0.2) is 61.7 Å². The molecule has 27 heavy (non-hydrogen) atoms. The van der Waals surface area contributed by atoms with Gasteiger partial charge in [0.2, 0.25) is 5.91 Å². The van der Waals surface area contributed by atoms with E-state index in [2.05, 4.69) is 19.9 Å². The van der Waals surface area contributed by atoms with Crippen molar-refractivity contribution in [2.45, 2.75) is 43.5 Å². The molecule has 0 unspecified atom stereocenters. The monoisotopic (exact) mass is 393 g/mol. The number of aromatic amines is 2. The van der Waals surface area contributed by atoms with E-state index >= 15 is 0 Å². The predicted octanol–water partition coefficient (Wildman–Crippen LogP) is 1.32. The van der Waals surface area contributed by atoms with Gasteiger partial charge >= 0.3 is 5.97 Å². The van der Waals surface area contributed by atoms with Crippen LogP contribution in [0.25, 0.3) is 11.2 Å². The van der Waals surface area contributed by atoms with E-state index in [0.717, 1.165) is 0 Å². The predicted molar refractivity (Wildman–Crippen MR) is 100 cm³/mol. The van der Waals surface area contributed by atoms with Crippen molar-refractivity contribution in [2.75, 3.05) is 19.7 Å². The molecule has 2 aromatic rings. The number of rotatable bonds is 6. The molecule has 1 fully saturated rings. The number of ether oxygens (including phenoxy) is 1. The third-order valence-corrected chi connectivity index (χ3v) is 5.84. The van der Waals surface area contributed by atoms with Gasteiger partial charge in [0.1, 0.15) is 0 Å². The Kier molecular flexibility index (Phi) is 6.15. The Bertz CT molecular complexity index is 872. The van der Waals surface area contributed by atoms with Crippen LogP contribution in [0.2, 0.25) is 0 Å². The molecule has 10 heteroatoms. The fourth-order valence-electron chi connectivity index (χ4n) is 3.12. The first-order valence-corrected chi connectivity index (χ1v) is 9.96. The number of piperidine rings is 1. The smallest absolute Gasteiger partial charge is 0.309 e. The largest absolute Gasteiger partial charge is 0.466 e. The molecular weight excluding hydrogens is 370 g/mol. The molecule has 1 atom stereocenters. The van der Waals surface area contributed by atoms with Crippen molar-refractivity contribution in [1.82, 2.24) is 24.8 Å². The number of nitrogens with zero attached hydrogens (tertiary/aromatic N) is 3. The van der Waals surface area contributed by atoms with Gasteiger partial charge in [0, 0.05) is 13.1 Å². The summed E-state index contributed by atoms with van der Waals surface area (Å²) in [7, 11) is 0. The number of likely N-dealkylation sites (tertiary alicyclic amines) is 1. The van der Waals surface area contributed by atoms with E-state index in [-0.39, 0.29) is 28.6 Å². The number of H-pyrrole nitrogens is 2. The lowest BCUT2D eigenvalue weighted by molar-refractivity contribution is -0.151. The summed E-state index contributed by atoms with van der Waals surface area (Å²) in [5, 5.41) is 0.0184. The quantitative estimate of drug-likeness (QED) is 0.431. The molecular formula is C17H23N5O4S. The topological polar surface area (TPSA) is 121 Å². The zero-order valence-corrected chi connectivity index (χ0v) is 16.2. The molecule has 2 aromatic heterocycles. The summed E-state index contributed by atoms with van der Waals surface area (Å²) in [5.74, 6) is -0.323. The third-order valence-electron chi connectivity index (χ3n) is 4.60. The van der Waals surface area contributed by atoms with Gasteiger partial charge < -0.3 is 14.6 Å². The van der Waals surface area contributed by atoms with Crippen LogP contribution < -0.4 is 5.56 Å². The number of carbonyl (C=O) groups is 2. The zero-order chi connectivity index (χ0) is 19.4. The molecule has 3 rings (SSSR count). The number of amides is 1. The molecule has 146 valence electrons. The van der Waals surface area contributed by atoms with E-state index < -0.39 is 0 Å². The van der Waals surface area contributed by atoms with Gasteiger partial charge in [-0.25, -0.2) is 9.97 Å². The van der Waals surface area contributed by atoms with Crippen LogP contribution in [0.5, 0.6) is 0 Å². The van der Waals surface area contributed by atoms with E-state index in [4.69, 9.17) is 4.74 Å². The first kappa shape index (κ1) is 19.4. The van der Waals surface area contributed by atoms with Gasteiger partial charge in [-0.3, -0.25) is 19.4 Å². The molecule has 9 nitrogen and oxygen atoms in total. The molecule has 0 saturated carbocycles. The van der Waals surface area contributed by atoms with E-state index in [1.165, 1.54) is 18.1 Å². The zero-order valence-electron chi connectivity index (χ0n) is 15.4. The van der Waals surface area contributed by atoms with Gasteiger partial charge in [0.15, 0.2) is 16.3 Å². The molecule has 1 saturated heterocycles. The minimum absolute atomic E-state index is 0.00502. The standard InChI is InChI=1S/C17H23N5O4S/c1-3-11(27-17-20-13-12(14(23)21-17)18-9-19-13)15(24)22-7-5-10(6-8-22)16(25)26-4-2/h9-11H,3-8H2,1-2H3,(H2,18,19,20,21,23)/t11-/m0/s1. The third kappa shape index (κ3) is 4.32. The van der Waals surface area contributed by atoms with Crippen molar-refractivity contribution in [3.05, 3.63) is 16.7 Å². The fraction of sp³-hybridized carbons (Fsp3) is 0.588. The summed E-state index contributed by atoms with van der Waals surface area (Å²) < 4.78 is 5.07. The van der Waals surface area contributed by atoms with E-state index in [9.17, 15) is 14.4 Å². The van der Waals surface area contributed by atoms with Gasteiger partial charge in [-0.15, -0.1) is 0 Å². The normalized spacial score (nSPS) is 16.4. The highest BCUT2D eigenvalue weighted by molar-refractivity contribution is 8.00. The number of carbonyl (C=O) groups excluding carboxylic acids is 2. The number of aromatic nitrogens is 4. The number of hydrogen-bond donors (Lipinski definition) is 2. The van der Waals surface area contributed by atoms with Gasteiger partial charge in [-0.1, -0.05) is 18.7 Å². The number of fused-ring (bicyclic) bond motifs is 1. The number of nitrogens with one attached hydrogen (secondary N) is 2. The van der Waals surface area contributed by atoms with Crippen LogP contribution in [0, 0.1) is 5.92 Å². The molecule has 3 heterocycles. The SMILES string of the molecule is CCOC(=O)C1CCN(C(=O)[C@H](CC)Sc2nc3nc[nH]c3c(=O)[nH]2)CC1. The summed E-state index contributed by atoms with van der Waals surface area (Å²) in [6.45, 7) is 5.14. The van der Waals surface area contributed by atoms with Crippen molar-refractivity contribution in [1.29, 1.82) is 0 Å². The van der Waals surface area contributed by atoms with Crippen molar-refractivity contribution in [3.63, 3.8) is 0 Å². The van der Waals surface area contributed by atoms with E-state index in [0.29, 0.717) is 55.3 Å². The van der Waals surface area contributed by atoms with Gasteiger partial charge in [-0.05, 0) is 26.2 Å². The molecule has 0 radical (unpaired) electrons. The lowest BCUT2D eigenvalue weighted by Gasteiger charge is -2.32. The average Bonchev–Trinajstić information content (AvgIpc) is 3.15. The molecule has 1 aliphatic heterocycles. The van der Waals surface area contributed by atoms with Crippen molar-refractivity contribution < 1.29 is 14.3 Å². The minimum Gasteiger partial charge on any atom is -0.466 e. The Morgan fingerprint density at radius 3 is 2.78 bits per heavy atom. The summed E-state index contributed by atoms with van der Waals surface area (Å²) in [6.07, 6.45) is 3.24. The van der Waals surface area contributed by atoms with E-state index in [1.807, 2.05) is 6.92 Å². The van der Waals surface area contributed by atoms with Crippen LogP contribution >= 0.6 is 11.8 Å². The van der Waals surface area contributed by atoms with Crippen LogP contribution in [0.4, 0.5) is 0 Å². The lowest BCUT2D eigenvalue weighted by atomic mass is 9.96. The molecule has 0 aliphatic carbocycles. The number of thioether (sulfide) groups is 1. The highest BCUT2D eigenvalue weighted by atomic mass is 32.2. The maximum Gasteiger partial charge on any atom is 0.309 e. The number of imidazole rings is 1. The molecule has 0 aromatic carbocycles. The first-order chi connectivity index (χ1) is 13.0. The summed E-state index contributed by atoms with van der Waals surface area (Å²) in [6, 6.07) is 0. The van der Waals surface area contributed by atoms with Gasteiger partial charge in [-0.2, -0.15) is 0 Å². The second-order valence-electron chi connectivity index (χ2n) is 6.34. The second kappa shape index (κ2) is 8.55. The van der Waals surface area contributed by atoms with Gasteiger partial charge in [0.25, 0.3) is 5.56 Å². The van der Waals surface area contributed by atoms with Gasteiger partial charge in [0.05, 0.1) is 24.1 Å². The van der Waals surface area contributed by atoms with Crippen LogP contribution in [0.1, 0.15) is 33.1 Å². The Balaban J connectivity index is 1.64. The average molecular weight is 393 g/mol. The Hall–Kier alpha value is -2.36. The van der Waals surface area contributed by atoms with Crippen LogP contribution in [0.15, 0.2) is 16.3 Å². The van der Waals surface area contributed by atoms with Crippen LogP contribution in [-0.2, 0) is 14.3 Å². The molecule has 0 bridgehead atoms. The lowest BCUT2D eigenvalue weighted by Crippen LogP contribution is -2.44. The minimum atomic E-state index is -0.358. The van der Waals surface area contributed by atoms with E-state index in [1.54, 1.807) is 11.8 Å². The second-order valence-corrected chi connectivity index (χ2v) is 7.53. The molecule has 0 spiro atoms. The Morgan fingerprint density at radius 2 is 2.11 bits per heavy atom. The van der Waals surface area contributed by atoms with Crippen molar-refractivity contribution >= 4 is 34.8 Å². The summed E-state index contributed by atoms with van der Waals surface area (Å²) in [4.78, 5) is 52.3. The fourth-order valence-corrected chi connectivity index (χ4v) is 4.10.